The van der Waals surface area contributed by atoms with Crippen LogP contribution in [-0.4, -0.2) is 11.8 Å². The van der Waals surface area contributed by atoms with Crippen LogP contribution >= 0.6 is 0 Å². The summed E-state index contributed by atoms with van der Waals surface area (Å²) in [6.45, 7) is 3.96. The maximum atomic E-state index is 13.1. The molecule has 0 unspecified atom stereocenters. The topological polar surface area (TPSA) is 37.4 Å². The van der Waals surface area contributed by atoms with Gasteiger partial charge in [0.05, 0.1) is 17.5 Å². The number of anilines is 1. The summed E-state index contributed by atoms with van der Waals surface area (Å²) in [4.78, 5) is 27.7. The Balaban J connectivity index is 1.64. The van der Waals surface area contributed by atoms with Gasteiger partial charge in [-0.25, -0.2) is 4.90 Å². The molecule has 1 saturated heterocycles. The van der Waals surface area contributed by atoms with Crippen molar-refractivity contribution in [3.63, 3.8) is 0 Å². The fraction of sp³-hybridized carbons (Fsp3) is 0.474. The molecular weight excluding hydrogens is 274 g/mol. The number of imide groups is 1. The van der Waals surface area contributed by atoms with Gasteiger partial charge in [-0.15, -0.1) is 0 Å². The van der Waals surface area contributed by atoms with E-state index in [1.807, 2.05) is 32.0 Å². The van der Waals surface area contributed by atoms with E-state index in [2.05, 4.69) is 12.2 Å². The smallest absolute Gasteiger partial charge is 0.238 e. The highest BCUT2D eigenvalue weighted by atomic mass is 16.2. The Hall–Kier alpha value is -1.90. The second-order valence-corrected chi connectivity index (χ2v) is 7.41. The minimum atomic E-state index is -0.106. The minimum Gasteiger partial charge on any atom is -0.274 e. The van der Waals surface area contributed by atoms with Crippen LogP contribution in [0.1, 0.15) is 17.5 Å². The van der Waals surface area contributed by atoms with Gasteiger partial charge in [0.15, 0.2) is 0 Å². The first-order valence-electron chi connectivity index (χ1n) is 8.22. The van der Waals surface area contributed by atoms with Crippen molar-refractivity contribution in [3.8, 4) is 0 Å². The minimum absolute atomic E-state index is 0.0390. The number of amides is 2. The third kappa shape index (κ3) is 1.33. The number of allylic oxidation sites excluding steroid dienone is 2. The van der Waals surface area contributed by atoms with Gasteiger partial charge in [-0.2, -0.15) is 0 Å². The van der Waals surface area contributed by atoms with Crippen molar-refractivity contribution in [2.24, 2.45) is 35.5 Å². The van der Waals surface area contributed by atoms with Gasteiger partial charge in [0.2, 0.25) is 11.8 Å². The Morgan fingerprint density at radius 3 is 1.91 bits per heavy atom. The van der Waals surface area contributed by atoms with Crippen LogP contribution in [0.15, 0.2) is 30.4 Å². The highest BCUT2D eigenvalue weighted by Gasteiger charge is 2.67. The summed E-state index contributed by atoms with van der Waals surface area (Å²) in [5.41, 5.74) is 2.83. The molecule has 1 aromatic rings. The molecule has 1 heterocycles. The molecule has 5 aliphatic rings. The van der Waals surface area contributed by atoms with Crippen LogP contribution in [-0.2, 0) is 9.59 Å². The third-order valence-electron chi connectivity index (χ3n) is 6.33. The number of rotatable bonds is 1. The first kappa shape index (κ1) is 12.6. The van der Waals surface area contributed by atoms with Crippen molar-refractivity contribution in [2.75, 3.05) is 4.90 Å². The molecule has 0 aromatic heterocycles. The third-order valence-corrected chi connectivity index (χ3v) is 6.33. The number of aryl methyl sites for hydroxylation is 2. The summed E-state index contributed by atoms with van der Waals surface area (Å²) in [5, 5.41) is 0. The predicted molar refractivity (Wildman–Crippen MR) is 83.1 cm³/mol. The van der Waals surface area contributed by atoms with E-state index in [-0.39, 0.29) is 23.7 Å². The maximum absolute atomic E-state index is 13.1. The number of hydrogen-bond acceptors (Lipinski definition) is 2. The van der Waals surface area contributed by atoms with E-state index in [0.717, 1.165) is 16.8 Å². The largest absolute Gasteiger partial charge is 0.274 e. The summed E-state index contributed by atoms with van der Waals surface area (Å²) >= 11 is 0. The van der Waals surface area contributed by atoms with Crippen LogP contribution in [0.25, 0.3) is 0 Å². The van der Waals surface area contributed by atoms with Gasteiger partial charge >= 0.3 is 0 Å². The molecule has 4 aliphatic carbocycles. The Kier molecular flexibility index (Phi) is 2.23. The summed E-state index contributed by atoms with van der Waals surface area (Å²) in [7, 11) is 0. The molecule has 6 atom stereocenters. The molecule has 22 heavy (non-hydrogen) atoms. The predicted octanol–water partition coefficient (Wildman–Crippen LogP) is 2.86. The maximum Gasteiger partial charge on any atom is 0.238 e. The van der Waals surface area contributed by atoms with Crippen LogP contribution in [0.3, 0.4) is 0 Å². The average Bonchev–Trinajstić information content (AvgIpc) is 3.27. The van der Waals surface area contributed by atoms with Gasteiger partial charge in [-0.1, -0.05) is 30.4 Å². The van der Waals surface area contributed by atoms with Gasteiger partial charge in [0.1, 0.15) is 0 Å². The summed E-state index contributed by atoms with van der Waals surface area (Å²) < 4.78 is 0. The molecule has 6 rings (SSSR count). The Morgan fingerprint density at radius 2 is 1.41 bits per heavy atom. The zero-order valence-corrected chi connectivity index (χ0v) is 12.8. The van der Waals surface area contributed by atoms with Crippen molar-refractivity contribution in [2.45, 2.75) is 20.3 Å². The highest BCUT2D eigenvalue weighted by molar-refractivity contribution is 6.23. The normalized spacial score (nSPS) is 40.9. The Morgan fingerprint density at radius 1 is 0.909 bits per heavy atom. The number of carbonyl (C=O) groups excluding carboxylic acids is 2. The van der Waals surface area contributed by atoms with Gasteiger partial charge in [0.25, 0.3) is 0 Å². The van der Waals surface area contributed by atoms with Crippen LogP contribution in [0.5, 0.6) is 0 Å². The van der Waals surface area contributed by atoms with Crippen molar-refractivity contribution < 1.29 is 9.59 Å². The molecule has 2 saturated carbocycles. The zero-order chi connectivity index (χ0) is 15.2. The number of hydrogen-bond donors (Lipinski definition) is 0. The van der Waals surface area contributed by atoms with Gasteiger partial charge in [-0.05, 0) is 55.1 Å². The van der Waals surface area contributed by atoms with E-state index in [1.165, 1.54) is 11.3 Å². The first-order chi connectivity index (χ1) is 10.6. The number of para-hydroxylation sites is 1. The van der Waals surface area contributed by atoms with Gasteiger partial charge in [-0.3, -0.25) is 9.59 Å². The van der Waals surface area contributed by atoms with Crippen LogP contribution in [0, 0.1) is 49.4 Å². The van der Waals surface area contributed by atoms with E-state index < -0.39 is 0 Å². The van der Waals surface area contributed by atoms with E-state index in [4.69, 9.17) is 0 Å². The molecule has 3 nitrogen and oxygen atoms in total. The lowest BCUT2D eigenvalue weighted by Crippen LogP contribution is -2.40. The van der Waals surface area contributed by atoms with Crippen molar-refractivity contribution in [3.05, 3.63) is 41.5 Å². The van der Waals surface area contributed by atoms with Crippen LogP contribution < -0.4 is 4.90 Å². The molecule has 112 valence electrons. The Bertz CT molecular complexity index is 694. The van der Waals surface area contributed by atoms with Crippen LogP contribution in [0.2, 0.25) is 0 Å². The second-order valence-electron chi connectivity index (χ2n) is 7.41. The summed E-state index contributed by atoms with van der Waals surface area (Å²) in [5.74, 6) is 1.78. The lowest BCUT2D eigenvalue weighted by Gasteiger charge is -2.37. The van der Waals surface area contributed by atoms with Crippen molar-refractivity contribution in [1.29, 1.82) is 0 Å². The fourth-order valence-electron chi connectivity index (χ4n) is 5.34. The molecular formula is C19H19NO2. The fourth-order valence-corrected chi connectivity index (χ4v) is 5.34. The van der Waals surface area contributed by atoms with E-state index in [1.54, 1.807) is 0 Å². The monoisotopic (exact) mass is 293 g/mol. The Labute approximate surface area is 130 Å². The SMILES string of the molecule is Cc1cccc(C)c1N1C(=O)[C@@H]2[C@H]3C=C[C@@H]([C@@H]4C[C@@H]34)[C@H]2C1=O. The average molecular weight is 293 g/mol. The lowest BCUT2D eigenvalue weighted by atomic mass is 9.63. The molecule has 1 aliphatic heterocycles. The lowest BCUT2D eigenvalue weighted by molar-refractivity contribution is -0.124. The first-order valence-corrected chi connectivity index (χ1v) is 8.22. The number of nitrogens with zero attached hydrogens (tertiary/aromatic N) is 1. The standard InChI is InChI=1S/C19H19NO2/c1-9-4-3-5-10(2)17(9)20-18(21)15-11-6-7-12(14-8-13(11)14)16(15)19(20)22/h3-7,11-16H,8H2,1-2H3/t11-,12-,13-,14-,15+,16+/m0/s1. The molecule has 1 aromatic carbocycles. The molecule has 3 fully saturated rings. The molecule has 3 heteroatoms. The summed E-state index contributed by atoms with van der Waals surface area (Å²) in [6, 6.07) is 5.94. The molecule has 0 spiro atoms. The van der Waals surface area contributed by atoms with E-state index in [0.29, 0.717) is 23.7 Å². The van der Waals surface area contributed by atoms with Gasteiger partial charge in [0, 0.05) is 0 Å². The zero-order valence-electron chi connectivity index (χ0n) is 12.8. The highest BCUT2D eigenvalue weighted by Crippen LogP contribution is 2.65. The van der Waals surface area contributed by atoms with Gasteiger partial charge < -0.3 is 0 Å². The summed E-state index contributed by atoms with van der Waals surface area (Å²) in [6.07, 6.45) is 5.65. The second kappa shape index (κ2) is 3.89. The number of carbonyl (C=O) groups is 2. The molecule has 2 bridgehead atoms. The van der Waals surface area contributed by atoms with E-state index in [9.17, 15) is 9.59 Å². The van der Waals surface area contributed by atoms with Crippen molar-refractivity contribution in [1.82, 2.24) is 0 Å². The quantitative estimate of drug-likeness (QED) is 0.590. The molecule has 0 N–H and O–H groups in total. The molecule has 0 radical (unpaired) electrons. The van der Waals surface area contributed by atoms with Crippen molar-refractivity contribution >= 4 is 17.5 Å². The molecule has 2 amide bonds. The van der Waals surface area contributed by atoms with Crippen LogP contribution in [0.4, 0.5) is 5.69 Å². The number of benzene rings is 1. The van der Waals surface area contributed by atoms with E-state index >= 15 is 0 Å².